The number of amides is 1. The molecule has 6 heteroatoms. The van der Waals surface area contributed by atoms with Gasteiger partial charge in [-0.1, -0.05) is 18.2 Å². The van der Waals surface area contributed by atoms with Crippen molar-refractivity contribution in [1.82, 2.24) is 14.7 Å². The number of carbonyl (C=O) groups excluding carboxylic acids is 1. The monoisotopic (exact) mass is 359 g/mol. The van der Waals surface area contributed by atoms with Crippen LogP contribution in [0.25, 0.3) is 0 Å². The van der Waals surface area contributed by atoms with Crippen LogP contribution in [0.1, 0.15) is 64.3 Å². The number of aromatic nitrogens is 2. The topological polar surface area (TPSA) is 38.1 Å². The summed E-state index contributed by atoms with van der Waals surface area (Å²) in [6, 6.07) is 6.49. The molecular formula is C20H23F2N3O. The lowest BCUT2D eigenvalue weighted by Crippen LogP contribution is -2.36. The van der Waals surface area contributed by atoms with Gasteiger partial charge in [0.2, 0.25) is 0 Å². The van der Waals surface area contributed by atoms with Crippen molar-refractivity contribution in [1.29, 1.82) is 0 Å². The van der Waals surface area contributed by atoms with Crippen LogP contribution in [0.2, 0.25) is 0 Å². The van der Waals surface area contributed by atoms with Gasteiger partial charge in [-0.3, -0.25) is 9.48 Å². The van der Waals surface area contributed by atoms with Gasteiger partial charge >= 0.3 is 0 Å². The number of carbonyl (C=O) groups is 1. The molecule has 26 heavy (non-hydrogen) atoms. The van der Waals surface area contributed by atoms with Crippen LogP contribution in [0.5, 0.6) is 0 Å². The normalized spacial score (nSPS) is 19.0. The van der Waals surface area contributed by atoms with Crippen LogP contribution in [0.15, 0.2) is 24.4 Å². The van der Waals surface area contributed by atoms with E-state index < -0.39 is 12.1 Å². The van der Waals surface area contributed by atoms with Gasteiger partial charge in [-0.25, -0.2) is 8.78 Å². The van der Waals surface area contributed by atoms with Crippen molar-refractivity contribution in [2.45, 2.75) is 51.0 Å². The van der Waals surface area contributed by atoms with Crippen LogP contribution < -0.4 is 0 Å². The predicted octanol–water partition coefficient (Wildman–Crippen LogP) is 4.00. The van der Waals surface area contributed by atoms with Crippen molar-refractivity contribution in [2.24, 2.45) is 7.05 Å². The molecule has 1 fully saturated rings. The third-order valence-corrected chi connectivity index (χ3v) is 5.59. The van der Waals surface area contributed by atoms with E-state index in [4.69, 9.17) is 0 Å². The number of nitrogens with zero attached hydrogens (tertiary/aromatic N) is 3. The molecule has 1 atom stereocenters. The molecule has 1 heterocycles. The fraction of sp³-hybridized carbons (Fsp3) is 0.500. The van der Waals surface area contributed by atoms with Crippen molar-refractivity contribution >= 4 is 5.91 Å². The zero-order chi connectivity index (χ0) is 18.4. The molecule has 1 unspecified atom stereocenters. The molecular weight excluding hydrogens is 336 g/mol. The van der Waals surface area contributed by atoms with Crippen LogP contribution >= 0.6 is 0 Å². The van der Waals surface area contributed by atoms with Crippen molar-refractivity contribution in [3.63, 3.8) is 0 Å². The van der Waals surface area contributed by atoms with Crippen molar-refractivity contribution in [3.8, 4) is 0 Å². The molecule has 2 aromatic rings. The molecule has 4 rings (SSSR count). The zero-order valence-electron chi connectivity index (χ0n) is 15.1. The van der Waals surface area contributed by atoms with E-state index in [2.05, 4.69) is 30.2 Å². The Balaban J connectivity index is 1.61. The van der Waals surface area contributed by atoms with Crippen LogP contribution in [0, 0.1) is 6.92 Å². The molecule has 0 aliphatic heterocycles. The smallest absolute Gasteiger partial charge is 0.282 e. The Morgan fingerprint density at radius 3 is 2.81 bits per heavy atom. The number of aryl methyl sites for hydroxylation is 2. The highest BCUT2D eigenvalue weighted by Crippen LogP contribution is 2.38. The molecule has 4 nitrogen and oxygen atoms in total. The van der Waals surface area contributed by atoms with E-state index in [9.17, 15) is 13.6 Å². The van der Waals surface area contributed by atoms with Crippen LogP contribution in [0.3, 0.4) is 0 Å². The third kappa shape index (κ3) is 3.02. The largest absolute Gasteiger partial charge is 0.335 e. The van der Waals surface area contributed by atoms with E-state index in [0.717, 1.165) is 25.7 Å². The van der Waals surface area contributed by atoms with E-state index in [-0.39, 0.29) is 23.4 Å². The molecule has 2 aliphatic carbocycles. The molecule has 138 valence electrons. The summed E-state index contributed by atoms with van der Waals surface area (Å²) in [6.07, 6.45) is 2.60. The summed E-state index contributed by atoms with van der Waals surface area (Å²) in [6.45, 7) is 2.72. The minimum Gasteiger partial charge on any atom is -0.335 e. The minimum absolute atomic E-state index is 0.0388. The average Bonchev–Trinajstić information content (AvgIpc) is 3.23. The Morgan fingerprint density at radius 1 is 1.35 bits per heavy atom. The molecule has 0 spiro atoms. The third-order valence-electron chi connectivity index (χ3n) is 5.59. The summed E-state index contributed by atoms with van der Waals surface area (Å²) >= 11 is 0. The molecule has 1 aromatic heterocycles. The number of alkyl halides is 2. The first-order valence-electron chi connectivity index (χ1n) is 9.16. The molecule has 1 saturated carbocycles. The Labute approximate surface area is 151 Å². The van der Waals surface area contributed by atoms with E-state index in [1.807, 2.05) is 4.90 Å². The Morgan fingerprint density at radius 2 is 2.12 bits per heavy atom. The molecule has 0 N–H and O–H groups in total. The number of hydrogen-bond acceptors (Lipinski definition) is 2. The standard InChI is InChI=1S/C20H23F2N3O/c1-12-4-3-5-16-13(6-9-15(12)16)10-25(14-7-8-14)20(26)17-11-24(2)23-18(17)19(21)22/h3-5,11,13-14,19H,6-10H2,1-2H3. The van der Waals surface area contributed by atoms with Gasteiger partial charge in [-0.15, -0.1) is 0 Å². The van der Waals surface area contributed by atoms with Gasteiger partial charge in [0.1, 0.15) is 5.69 Å². The highest BCUT2D eigenvalue weighted by molar-refractivity contribution is 5.95. The van der Waals surface area contributed by atoms with Crippen molar-refractivity contribution in [2.75, 3.05) is 6.54 Å². The Hall–Kier alpha value is -2.24. The fourth-order valence-electron chi connectivity index (χ4n) is 4.12. The van der Waals surface area contributed by atoms with Crippen molar-refractivity contribution in [3.05, 3.63) is 52.3 Å². The van der Waals surface area contributed by atoms with Crippen LogP contribution in [-0.4, -0.2) is 33.2 Å². The van der Waals surface area contributed by atoms with E-state index in [1.165, 1.54) is 27.6 Å². The first kappa shape index (κ1) is 17.2. The van der Waals surface area contributed by atoms with Gasteiger partial charge in [0, 0.05) is 31.7 Å². The summed E-state index contributed by atoms with van der Waals surface area (Å²) in [5.41, 5.74) is 3.61. The van der Waals surface area contributed by atoms with Gasteiger partial charge in [-0.2, -0.15) is 5.10 Å². The van der Waals surface area contributed by atoms with Crippen LogP contribution in [0.4, 0.5) is 8.78 Å². The average molecular weight is 359 g/mol. The lowest BCUT2D eigenvalue weighted by atomic mass is 9.98. The Kier molecular flexibility index (Phi) is 4.29. The number of fused-ring (bicyclic) bond motifs is 1. The minimum atomic E-state index is -2.74. The molecule has 0 bridgehead atoms. The SMILES string of the molecule is Cc1cccc2c1CCC2CN(C(=O)c1cn(C)nc1C(F)F)C1CC1. The maximum Gasteiger partial charge on any atom is 0.282 e. The number of rotatable bonds is 5. The highest BCUT2D eigenvalue weighted by Gasteiger charge is 2.38. The number of hydrogen-bond donors (Lipinski definition) is 0. The number of benzene rings is 1. The van der Waals surface area contributed by atoms with E-state index >= 15 is 0 Å². The summed E-state index contributed by atoms with van der Waals surface area (Å²) < 4.78 is 27.9. The summed E-state index contributed by atoms with van der Waals surface area (Å²) in [4.78, 5) is 14.9. The van der Waals surface area contributed by atoms with E-state index in [0.29, 0.717) is 6.54 Å². The lowest BCUT2D eigenvalue weighted by Gasteiger charge is -2.26. The second kappa shape index (κ2) is 6.49. The highest BCUT2D eigenvalue weighted by atomic mass is 19.3. The van der Waals surface area contributed by atoms with Crippen molar-refractivity contribution < 1.29 is 13.6 Å². The predicted molar refractivity (Wildman–Crippen MR) is 94.5 cm³/mol. The molecule has 2 aliphatic rings. The first-order valence-corrected chi connectivity index (χ1v) is 9.16. The summed E-state index contributed by atoms with van der Waals surface area (Å²) in [5, 5.41) is 3.79. The zero-order valence-corrected chi connectivity index (χ0v) is 15.1. The maximum absolute atomic E-state index is 13.3. The molecule has 0 saturated heterocycles. The van der Waals surface area contributed by atoms with Gasteiger partial charge in [0.25, 0.3) is 12.3 Å². The van der Waals surface area contributed by atoms with Gasteiger partial charge in [0.05, 0.1) is 5.56 Å². The first-order chi connectivity index (χ1) is 12.5. The van der Waals surface area contributed by atoms with Gasteiger partial charge in [0.15, 0.2) is 0 Å². The van der Waals surface area contributed by atoms with Crippen LogP contribution in [-0.2, 0) is 13.5 Å². The fourth-order valence-corrected chi connectivity index (χ4v) is 4.12. The molecule has 1 aromatic carbocycles. The Bertz CT molecular complexity index is 842. The maximum atomic E-state index is 13.3. The number of halogens is 2. The molecule has 0 radical (unpaired) electrons. The summed E-state index contributed by atoms with van der Waals surface area (Å²) in [5.74, 6) is -0.0295. The second-order valence-corrected chi connectivity index (χ2v) is 7.47. The summed E-state index contributed by atoms with van der Waals surface area (Å²) in [7, 11) is 1.57. The second-order valence-electron chi connectivity index (χ2n) is 7.47. The quantitative estimate of drug-likeness (QED) is 0.809. The van der Waals surface area contributed by atoms with E-state index in [1.54, 1.807) is 7.05 Å². The van der Waals surface area contributed by atoms with Gasteiger partial charge < -0.3 is 4.90 Å². The van der Waals surface area contributed by atoms with Gasteiger partial charge in [-0.05, 0) is 49.3 Å². The molecule has 1 amide bonds. The lowest BCUT2D eigenvalue weighted by molar-refractivity contribution is 0.0719.